The molecule has 0 amide bonds. The fourth-order valence-electron chi connectivity index (χ4n) is 3.15. The van der Waals surface area contributed by atoms with Gasteiger partial charge in [0.05, 0.1) is 30.5 Å². The van der Waals surface area contributed by atoms with Gasteiger partial charge in [0.2, 0.25) is 0 Å². The second-order valence-electron chi connectivity index (χ2n) is 7.09. The third-order valence-corrected chi connectivity index (χ3v) is 5.50. The summed E-state index contributed by atoms with van der Waals surface area (Å²) in [6, 6.07) is 0.508. The summed E-state index contributed by atoms with van der Waals surface area (Å²) in [6.45, 7) is 14.9. The lowest BCUT2D eigenvalue weighted by Gasteiger charge is -2.35. The summed E-state index contributed by atoms with van der Waals surface area (Å²) in [5.41, 5.74) is 1.05. The Hall–Kier alpha value is -0.450. The monoisotopic (exact) mass is 509 g/mol. The average Bonchev–Trinajstić information content (AvgIpc) is 3.11. The molecule has 1 unspecified atom stereocenters. The zero-order valence-corrected chi connectivity index (χ0v) is 20.3. The zero-order valence-electron chi connectivity index (χ0n) is 17.2. The van der Waals surface area contributed by atoms with Crippen molar-refractivity contribution >= 4 is 41.3 Å². The van der Waals surface area contributed by atoms with Gasteiger partial charge in [-0.05, 0) is 25.7 Å². The van der Waals surface area contributed by atoms with Gasteiger partial charge in [-0.15, -0.1) is 35.3 Å². The molecule has 0 aliphatic carbocycles. The fourth-order valence-corrected chi connectivity index (χ4v) is 3.88. The molecule has 2 rings (SSSR count). The summed E-state index contributed by atoms with van der Waals surface area (Å²) < 4.78 is 5.51. The predicted molar refractivity (Wildman–Crippen MR) is 125 cm³/mol. The smallest absolute Gasteiger partial charge is 0.191 e. The van der Waals surface area contributed by atoms with Crippen LogP contribution in [0, 0.1) is 5.92 Å². The highest BCUT2D eigenvalue weighted by Crippen LogP contribution is 2.13. The molecule has 2 heterocycles. The first-order valence-corrected chi connectivity index (χ1v) is 10.8. The molecule has 1 aromatic heterocycles. The Balaban J connectivity index is 0.00000364. The van der Waals surface area contributed by atoms with Crippen molar-refractivity contribution in [2.24, 2.45) is 10.9 Å². The third-order valence-electron chi connectivity index (χ3n) is 4.46. The van der Waals surface area contributed by atoms with Crippen LogP contribution in [0.15, 0.2) is 10.4 Å². The molecule has 0 spiro atoms. The predicted octanol–water partition coefficient (Wildman–Crippen LogP) is 3.13. The van der Waals surface area contributed by atoms with Crippen molar-refractivity contribution in [3.8, 4) is 0 Å². The third kappa shape index (κ3) is 9.06. The molecule has 1 aromatic rings. The minimum absolute atomic E-state index is 0. The van der Waals surface area contributed by atoms with E-state index in [1.54, 1.807) is 11.3 Å². The van der Waals surface area contributed by atoms with Crippen LogP contribution in [0.1, 0.15) is 44.8 Å². The minimum Gasteiger partial charge on any atom is -0.379 e. The van der Waals surface area contributed by atoms with Gasteiger partial charge in [-0.3, -0.25) is 4.90 Å². The molecule has 156 valence electrons. The van der Waals surface area contributed by atoms with Crippen molar-refractivity contribution in [1.29, 1.82) is 0 Å². The number of halogens is 1. The van der Waals surface area contributed by atoms with Crippen molar-refractivity contribution in [2.75, 3.05) is 39.4 Å². The molecule has 1 fully saturated rings. The molecule has 0 bridgehead atoms. The molecule has 1 saturated heterocycles. The minimum atomic E-state index is 0. The molecule has 0 saturated carbocycles. The number of aryl methyl sites for hydroxylation is 1. The van der Waals surface area contributed by atoms with Crippen LogP contribution in [0.2, 0.25) is 0 Å². The summed E-state index contributed by atoms with van der Waals surface area (Å²) >= 11 is 1.72. The molecule has 27 heavy (non-hydrogen) atoms. The zero-order chi connectivity index (χ0) is 18.8. The van der Waals surface area contributed by atoms with Crippen molar-refractivity contribution in [3.05, 3.63) is 16.1 Å². The standard InChI is InChI=1S/C19H35N5OS.HI/c1-5-18-23-16(14-26-18)12-21-19(20-6-2)22-13-17(11-15(3)4)24-7-9-25-10-8-24;/h14-15,17H,5-13H2,1-4H3,(H2,20,21,22);1H. The number of nitrogens with one attached hydrogen (secondary N) is 2. The molecular formula is C19H36IN5OS. The van der Waals surface area contributed by atoms with Crippen molar-refractivity contribution in [3.63, 3.8) is 0 Å². The number of guanidine groups is 1. The second-order valence-corrected chi connectivity index (χ2v) is 8.04. The molecule has 8 heteroatoms. The van der Waals surface area contributed by atoms with E-state index >= 15 is 0 Å². The first-order chi connectivity index (χ1) is 12.6. The Morgan fingerprint density at radius 3 is 2.63 bits per heavy atom. The van der Waals surface area contributed by atoms with Gasteiger partial charge in [-0.1, -0.05) is 20.8 Å². The first kappa shape index (κ1) is 24.6. The van der Waals surface area contributed by atoms with Gasteiger partial charge in [0, 0.05) is 37.6 Å². The van der Waals surface area contributed by atoms with Crippen molar-refractivity contribution in [2.45, 2.75) is 53.1 Å². The summed E-state index contributed by atoms with van der Waals surface area (Å²) in [5, 5.41) is 10.2. The molecule has 1 aliphatic heterocycles. The van der Waals surface area contributed by atoms with Crippen LogP contribution < -0.4 is 10.6 Å². The topological polar surface area (TPSA) is 61.8 Å². The molecular weight excluding hydrogens is 473 g/mol. The number of nitrogens with zero attached hydrogens (tertiary/aromatic N) is 3. The van der Waals surface area contributed by atoms with E-state index in [0.717, 1.165) is 57.5 Å². The maximum atomic E-state index is 5.51. The van der Waals surface area contributed by atoms with E-state index in [2.05, 4.69) is 53.6 Å². The number of thiazole rings is 1. The number of aliphatic imine (C=N–C) groups is 1. The van der Waals surface area contributed by atoms with Gasteiger partial charge in [-0.25, -0.2) is 9.98 Å². The van der Waals surface area contributed by atoms with Crippen LogP contribution in [0.4, 0.5) is 0 Å². The van der Waals surface area contributed by atoms with Crippen LogP contribution in [0.3, 0.4) is 0 Å². The van der Waals surface area contributed by atoms with Crippen molar-refractivity contribution in [1.82, 2.24) is 20.5 Å². The van der Waals surface area contributed by atoms with Gasteiger partial charge in [0.25, 0.3) is 0 Å². The van der Waals surface area contributed by atoms with E-state index in [1.165, 1.54) is 11.4 Å². The van der Waals surface area contributed by atoms with E-state index in [0.29, 0.717) is 18.5 Å². The van der Waals surface area contributed by atoms with Gasteiger partial charge < -0.3 is 15.4 Å². The summed E-state index contributed by atoms with van der Waals surface area (Å²) in [5.74, 6) is 1.55. The SMILES string of the molecule is CCNC(=NCc1csc(CC)n1)NCC(CC(C)C)N1CCOCC1.I. The van der Waals surface area contributed by atoms with Gasteiger partial charge in [0.15, 0.2) is 5.96 Å². The lowest BCUT2D eigenvalue weighted by molar-refractivity contribution is 0.0132. The molecule has 0 radical (unpaired) electrons. The Labute approximate surface area is 185 Å². The van der Waals surface area contributed by atoms with Gasteiger partial charge in [0.1, 0.15) is 0 Å². The molecule has 2 N–H and O–H groups in total. The molecule has 1 atom stereocenters. The molecule has 1 aliphatic rings. The van der Waals surface area contributed by atoms with Gasteiger partial charge in [-0.2, -0.15) is 0 Å². The number of hydrogen-bond acceptors (Lipinski definition) is 5. The van der Waals surface area contributed by atoms with E-state index < -0.39 is 0 Å². The van der Waals surface area contributed by atoms with Crippen LogP contribution in [-0.2, 0) is 17.7 Å². The lowest BCUT2D eigenvalue weighted by Crippen LogP contribution is -2.51. The number of aromatic nitrogens is 1. The Bertz CT molecular complexity index is 546. The highest BCUT2D eigenvalue weighted by atomic mass is 127. The Morgan fingerprint density at radius 2 is 2.04 bits per heavy atom. The maximum absolute atomic E-state index is 5.51. The van der Waals surface area contributed by atoms with Crippen LogP contribution in [0.5, 0.6) is 0 Å². The Kier molecular flexibility index (Phi) is 12.5. The van der Waals surface area contributed by atoms with Crippen LogP contribution in [0.25, 0.3) is 0 Å². The maximum Gasteiger partial charge on any atom is 0.191 e. The van der Waals surface area contributed by atoms with E-state index in [-0.39, 0.29) is 24.0 Å². The Morgan fingerprint density at radius 1 is 1.30 bits per heavy atom. The number of rotatable bonds is 9. The average molecular weight is 510 g/mol. The molecule has 6 nitrogen and oxygen atoms in total. The lowest BCUT2D eigenvalue weighted by atomic mass is 10.0. The van der Waals surface area contributed by atoms with E-state index in [4.69, 9.17) is 9.73 Å². The normalized spacial score (nSPS) is 16.9. The number of ether oxygens (including phenoxy) is 1. The summed E-state index contributed by atoms with van der Waals surface area (Å²) in [4.78, 5) is 11.9. The number of morpholine rings is 1. The van der Waals surface area contributed by atoms with E-state index in [1.807, 2.05) is 0 Å². The summed E-state index contributed by atoms with van der Waals surface area (Å²) in [7, 11) is 0. The highest BCUT2D eigenvalue weighted by Gasteiger charge is 2.22. The fraction of sp³-hybridized carbons (Fsp3) is 0.789. The number of hydrogen-bond donors (Lipinski definition) is 2. The van der Waals surface area contributed by atoms with Crippen molar-refractivity contribution < 1.29 is 4.74 Å². The van der Waals surface area contributed by atoms with E-state index in [9.17, 15) is 0 Å². The highest BCUT2D eigenvalue weighted by molar-refractivity contribution is 14.0. The quantitative estimate of drug-likeness (QED) is 0.304. The summed E-state index contributed by atoms with van der Waals surface area (Å²) in [6.07, 6.45) is 2.17. The van der Waals surface area contributed by atoms with Crippen LogP contribution in [-0.4, -0.2) is 61.3 Å². The first-order valence-electron chi connectivity index (χ1n) is 9.89. The van der Waals surface area contributed by atoms with Gasteiger partial charge >= 0.3 is 0 Å². The largest absolute Gasteiger partial charge is 0.379 e. The van der Waals surface area contributed by atoms with Crippen LogP contribution >= 0.6 is 35.3 Å². The molecule has 0 aromatic carbocycles. The second kappa shape index (κ2) is 13.7.